The molecule has 0 saturated carbocycles. The largest absolute Gasteiger partial charge is 0.444 e. The summed E-state index contributed by atoms with van der Waals surface area (Å²) in [6.45, 7) is 5.29. The molecule has 2 unspecified atom stereocenters. The van der Waals surface area contributed by atoms with Crippen molar-refractivity contribution < 1.29 is 19.3 Å². The number of carbonyl (C=O) groups is 1. The first-order chi connectivity index (χ1) is 8.87. The third-order valence-electron chi connectivity index (χ3n) is 2.73. The number of nitrogens with one attached hydrogen (secondary N) is 1. The van der Waals surface area contributed by atoms with Crippen LogP contribution >= 0.6 is 0 Å². The van der Waals surface area contributed by atoms with E-state index in [2.05, 4.69) is 5.32 Å². The predicted molar refractivity (Wildman–Crippen MR) is 72.4 cm³/mol. The van der Waals surface area contributed by atoms with Crippen molar-refractivity contribution in [2.24, 2.45) is 0 Å². The lowest BCUT2D eigenvalue weighted by Crippen LogP contribution is -2.42. The SMILES string of the molecule is CC(C)(C)OC(=O)NC(O)C1OBc2ccccc21. The van der Waals surface area contributed by atoms with Gasteiger partial charge in [0.25, 0.3) is 0 Å². The van der Waals surface area contributed by atoms with Crippen molar-refractivity contribution in [1.29, 1.82) is 0 Å². The van der Waals surface area contributed by atoms with Crippen molar-refractivity contribution in [1.82, 2.24) is 5.32 Å². The van der Waals surface area contributed by atoms with Crippen LogP contribution in [0.15, 0.2) is 24.3 Å². The number of aliphatic hydroxyl groups excluding tert-OH is 1. The zero-order valence-corrected chi connectivity index (χ0v) is 11.3. The fraction of sp³-hybridized carbons (Fsp3) is 0.462. The van der Waals surface area contributed by atoms with E-state index < -0.39 is 24.0 Å². The quantitative estimate of drug-likeness (QED) is 0.605. The van der Waals surface area contributed by atoms with Gasteiger partial charge in [-0.15, -0.1) is 0 Å². The molecular weight excluding hydrogens is 245 g/mol. The molecule has 0 fully saturated rings. The van der Waals surface area contributed by atoms with E-state index in [1.165, 1.54) is 0 Å². The molecule has 1 aromatic rings. The number of ether oxygens (including phenoxy) is 1. The summed E-state index contributed by atoms with van der Waals surface area (Å²) in [6.07, 6.45) is -2.34. The fourth-order valence-corrected chi connectivity index (χ4v) is 1.98. The Morgan fingerprint density at radius 3 is 2.84 bits per heavy atom. The molecule has 5 nitrogen and oxygen atoms in total. The minimum absolute atomic E-state index is 0.438. The Balaban J connectivity index is 1.99. The van der Waals surface area contributed by atoms with Gasteiger partial charge in [-0.1, -0.05) is 24.3 Å². The molecule has 1 aromatic carbocycles. The molecule has 0 spiro atoms. The lowest BCUT2D eigenvalue weighted by atomic mass is 9.87. The zero-order valence-electron chi connectivity index (χ0n) is 11.3. The van der Waals surface area contributed by atoms with Crippen LogP contribution in [0.4, 0.5) is 4.79 Å². The Morgan fingerprint density at radius 2 is 2.16 bits per heavy atom. The molecule has 2 N–H and O–H groups in total. The second-order valence-electron chi connectivity index (χ2n) is 5.52. The maximum atomic E-state index is 11.6. The molecule has 0 saturated heterocycles. The number of carbonyl (C=O) groups excluding carboxylic acids is 1. The summed E-state index contributed by atoms with van der Waals surface area (Å²) >= 11 is 0. The summed E-state index contributed by atoms with van der Waals surface area (Å²) in [5, 5.41) is 12.4. The van der Waals surface area contributed by atoms with E-state index in [0.29, 0.717) is 7.48 Å². The van der Waals surface area contributed by atoms with Gasteiger partial charge in [0.2, 0.25) is 0 Å². The average molecular weight is 263 g/mol. The topological polar surface area (TPSA) is 67.8 Å². The first-order valence-electron chi connectivity index (χ1n) is 6.24. The van der Waals surface area contributed by atoms with Gasteiger partial charge in [0.1, 0.15) is 11.7 Å². The van der Waals surface area contributed by atoms with E-state index >= 15 is 0 Å². The summed E-state index contributed by atoms with van der Waals surface area (Å²) in [5.41, 5.74) is 1.32. The Kier molecular flexibility index (Phi) is 3.82. The van der Waals surface area contributed by atoms with Crippen LogP contribution in [-0.4, -0.2) is 30.5 Å². The molecule has 2 atom stereocenters. The van der Waals surface area contributed by atoms with Crippen LogP contribution in [0.3, 0.4) is 0 Å². The molecule has 0 bridgehead atoms. The number of hydrogen-bond donors (Lipinski definition) is 2. The highest BCUT2D eigenvalue weighted by Gasteiger charge is 2.31. The maximum Gasteiger partial charge on any atom is 0.409 e. The van der Waals surface area contributed by atoms with Gasteiger partial charge < -0.3 is 14.5 Å². The van der Waals surface area contributed by atoms with Crippen LogP contribution in [0.5, 0.6) is 0 Å². The highest BCUT2D eigenvalue weighted by Crippen LogP contribution is 2.23. The van der Waals surface area contributed by atoms with E-state index in [0.717, 1.165) is 11.0 Å². The van der Waals surface area contributed by atoms with Gasteiger partial charge in [-0.25, -0.2) is 4.79 Å². The van der Waals surface area contributed by atoms with Gasteiger partial charge in [0.15, 0.2) is 6.23 Å². The summed E-state index contributed by atoms with van der Waals surface area (Å²) in [6, 6.07) is 7.61. The number of alkyl carbamates (subject to hydrolysis) is 1. The van der Waals surface area contributed by atoms with Crippen molar-refractivity contribution >= 4 is 19.0 Å². The predicted octanol–water partition coefficient (Wildman–Crippen LogP) is 0.578. The van der Waals surface area contributed by atoms with Crippen LogP contribution in [0.2, 0.25) is 0 Å². The normalized spacial score (nSPS) is 19.3. The summed E-state index contributed by atoms with van der Waals surface area (Å²) in [4.78, 5) is 11.6. The minimum atomic E-state index is -1.13. The molecule has 1 amide bonds. The van der Waals surface area contributed by atoms with E-state index in [1.807, 2.05) is 24.3 Å². The van der Waals surface area contributed by atoms with Crippen molar-refractivity contribution in [3.8, 4) is 0 Å². The third kappa shape index (κ3) is 3.48. The number of hydrogen-bond acceptors (Lipinski definition) is 4. The molecule has 1 aliphatic rings. The van der Waals surface area contributed by atoms with Crippen molar-refractivity contribution in [3.05, 3.63) is 29.8 Å². The molecule has 6 heteroatoms. The standard InChI is InChI=1S/C13H18BNO4/c1-13(2,3)18-12(17)15-11(16)10-8-6-4-5-7-9(8)14-19-10/h4-7,10-11,14,16H,1-3H3,(H,15,17). The van der Waals surface area contributed by atoms with Gasteiger partial charge in [-0.2, -0.15) is 0 Å². The summed E-state index contributed by atoms with van der Waals surface area (Å²) in [7, 11) is 0.438. The molecule has 1 heterocycles. The monoisotopic (exact) mass is 263 g/mol. The van der Waals surface area contributed by atoms with Crippen LogP contribution < -0.4 is 10.8 Å². The molecule has 102 valence electrons. The van der Waals surface area contributed by atoms with Crippen LogP contribution in [0.1, 0.15) is 32.4 Å². The summed E-state index contributed by atoms with van der Waals surface area (Å²) < 4.78 is 10.6. The van der Waals surface area contributed by atoms with Crippen LogP contribution in [0, 0.1) is 0 Å². The molecule has 1 aliphatic heterocycles. The molecule has 0 aliphatic carbocycles. The second kappa shape index (κ2) is 5.23. The number of benzene rings is 1. The minimum Gasteiger partial charge on any atom is -0.444 e. The maximum absolute atomic E-state index is 11.6. The highest BCUT2D eigenvalue weighted by atomic mass is 16.6. The second-order valence-corrected chi connectivity index (χ2v) is 5.52. The molecule has 19 heavy (non-hydrogen) atoms. The van der Waals surface area contributed by atoms with E-state index in [9.17, 15) is 9.90 Å². The number of aliphatic hydroxyl groups is 1. The number of amides is 1. The van der Waals surface area contributed by atoms with Gasteiger partial charge in [-0.05, 0) is 31.8 Å². The Labute approximate surface area is 113 Å². The van der Waals surface area contributed by atoms with Crippen molar-refractivity contribution in [2.75, 3.05) is 0 Å². The fourth-order valence-electron chi connectivity index (χ4n) is 1.98. The Hall–Kier alpha value is -1.53. The smallest absolute Gasteiger partial charge is 0.409 e. The van der Waals surface area contributed by atoms with Gasteiger partial charge in [0.05, 0.1) is 0 Å². The molecular formula is C13H18BNO4. The first kappa shape index (κ1) is 13.9. The lowest BCUT2D eigenvalue weighted by molar-refractivity contribution is -0.000292. The van der Waals surface area contributed by atoms with Gasteiger partial charge >= 0.3 is 13.6 Å². The number of fused-ring (bicyclic) bond motifs is 1. The van der Waals surface area contributed by atoms with Crippen LogP contribution in [0.25, 0.3) is 0 Å². The Morgan fingerprint density at radius 1 is 1.47 bits per heavy atom. The third-order valence-corrected chi connectivity index (χ3v) is 2.73. The molecule has 2 rings (SSSR count). The van der Waals surface area contributed by atoms with Gasteiger partial charge in [0, 0.05) is 0 Å². The number of rotatable bonds is 2. The van der Waals surface area contributed by atoms with Crippen LogP contribution in [-0.2, 0) is 9.39 Å². The summed E-state index contributed by atoms with van der Waals surface area (Å²) in [5.74, 6) is 0. The van der Waals surface area contributed by atoms with E-state index in [1.54, 1.807) is 20.8 Å². The van der Waals surface area contributed by atoms with Gasteiger partial charge in [-0.3, -0.25) is 5.32 Å². The van der Waals surface area contributed by atoms with Crippen molar-refractivity contribution in [3.63, 3.8) is 0 Å². The lowest BCUT2D eigenvalue weighted by Gasteiger charge is -2.24. The molecule has 0 aromatic heterocycles. The molecule has 0 radical (unpaired) electrons. The van der Waals surface area contributed by atoms with Crippen molar-refractivity contribution in [2.45, 2.75) is 38.7 Å². The zero-order chi connectivity index (χ0) is 14.0. The van der Waals surface area contributed by atoms with E-state index in [4.69, 9.17) is 9.39 Å². The Bertz CT molecular complexity index is 472. The van der Waals surface area contributed by atoms with E-state index in [-0.39, 0.29) is 0 Å². The first-order valence-corrected chi connectivity index (χ1v) is 6.24. The highest BCUT2D eigenvalue weighted by molar-refractivity contribution is 6.49. The average Bonchev–Trinajstić information content (AvgIpc) is 2.69.